The van der Waals surface area contributed by atoms with Gasteiger partial charge >= 0.3 is 6.03 Å². The number of benzene rings is 1. The molecule has 1 saturated heterocycles. The fraction of sp³-hybridized carbons (Fsp3) is 0.562. The predicted molar refractivity (Wildman–Crippen MR) is 93.2 cm³/mol. The number of nitrogens with zero attached hydrogens (tertiary/aromatic N) is 2. The first-order chi connectivity index (χ1) is 11.2. The van der Waals surface area contributed by atoms with Crippen LogP contribution >= 0.6 is 11.8 Å². The largest absolute Gasteiger partial charge is 0.394 e. The number of hydrogen-bond donors (Lipinski definition) is 2. The Kier molecular flexibility index (Phi) is 7.67. The van der Waals surface area contributed by atoms with Gasteiger partial charge in [0.05, 0.1) is 19.8 Å². The van der Waals surface area contributed by atoms with Crippen molar-refractivity contribution in [3.63, 3.8) is 0 Å². The summed E-state index contributed by atoms with van der Waals surface area (Å²) in [6.07, 6.45) is 2.03. The van der Waals surface area contributed by atoms with E-state index in [1.54, 1.807) is 11.8 Å². The van der Waals surface area contributed by atoms with E-state index in [2.05, 4.69) is 10.2 Å². The zero-order valence-electron chi connectivity index (χ0n) is 13.5. The minimum Gasteiger partial charge on any atom is -0.394 e. The van der Waals surface area contributed by atoms with Crippen molar-refractivity contribution in [2.45, 2.75) is 4.90 Å². The van der Waals surface area contributed by atoms with Crippen molar-refractivity contribution in [1.82, 2.24) is 9.80 Å². The van der Waals surface area contributed by atoms with Crippen LogP contribution in [0.15, 0.2) is 29.2 Å². The Morgan fingerprint density at radius 2 is 1.91 bits per heavy atom. The molecule has 1 aromatic rings. The second-order valence-corrected chi connectivity index (χ2v) is 6.20. The van der Waals surface area contributed by atoms with Crippen LogP contribution in [0.3, 0.4) is 0 Å². The Morgan fingerprint density at radius 3 is 2.52 bits per heavy atom. The number of carbonyl (C=O) groups is 1. The average molecular weight is 339 g/mol. The molecule has 0 saturated carbocycles. The third kappa shape index (κ3) is 6.02. The number of ether oxygens (including phenoxy) is 1. The molecular formula is C16H25N3O3S. The summed E-state index contributed by atoms with van der Waals surface area (Å²) in [5, 5.41) is 11.6. The second kappa shape index (κ2) is 9.77. The summed E-state index contributed by atoms with van der Waals surface area (Å²) in [5.74, 6) is 0. The molecule has 2 amide bonds. The van der Waals surface area contributed by atoms with E-state index in [4.69, 9.17) is 9.84 Å². The van der Waals surface area contributed by atoms with Gasteiger partial charge in [0.15, 0.2) is 0 Å². The standard InChI is InChI=1S/C16H25N3O3S/c1-23-15-4-2-14(3-5-15)17-16(21)19-8-6-18(7-9-19)10-12-22-13-11-20/h2-5,20H,6-13H2,1H3,(H,17,21). The summed E-state index contributed by atoms with van der Waals surface area (Å²) in [4.78, 5) is 17.6. The molecule has 7 heteroatoms. The molecule has 23 heavy (non-hydrogen) atoms. The Labute approximate surface area is 141 Å². The van der Waals surface area contributed by atoms with Crippen LogP contribution in [0.5, 0.6) is 0 Å². The van der Waals surface area contributed by atoms with Crippen molar-refractivity contribution < 1.29 is 14.6 Å². The van der Waals surface area contributed by atoms with Crippen LogP contribution in [-0.2, 0) is 4.74 Å². The van der Waals surface area contributed by atoms with Gasteiger partial charge in [0.25, 0.3) is 0 Å². The molecule has 1 aromatic carbocycles. The van der Waals surface area contributed by atoms with Gasteiger partial charge < -0.3 is 20.1 Å². The fourth-order valence-corrected chi connectivity index (χ4v) is 2.82. The van der Waals surface area contributed by atoms with E-state index in [1.165, 1.54) is 4.90 Å². The first-order valence-corrected chi connectivity index (χ1v) is 9.06. The van der Waals surface area contributed by atoms with Crippen LogP contribution in [0.1, 0.15) is 0 Å². The van der Waals surface area contributed by atoms with Crippen LogP contribution in [0.4, 0.5) is 10.5 Å². The molecular weight excluding hydrogens is 314 g/mol. The third-order valence-electron chi connectivity index (χ3n) is 3.79. The number of anilines is 1. The van der Waals surface area contributed by atoms with Gasteiger partial charge in [0.2, 0.25) is 0 Å². The van der Waals surface area contributed by atoms with Crippen molar-refractivity contribution in [2.24, 2.45) is 0 Å². The minimum atomic E-state index is -0.0434. The smallest absolute Gasteiger partial charge is 0.321 e. The average Bonchev–Trinajstić information content (AvgIpc) is 2.60. The number of carbonyl (C=O) groups excluding carboxylic acids is 1. The molecule has 2 rings (SSSR count). The zero-order valence-corrected chi connectivity index (χ0v) is 14.3. The van der Waals surface area contributed by atoms with E-state index in [1.807, 2.05) is 35.4 Å². The van der Waals surface area contributed by atoms with Gasteiger partial charge in [-0.3, -0.25) is 4.90 Å². The molecule has 0 radical (unpaired) electrons. The lowest BCUT2D eigenvalue weighted by molar-refractivity contribution is 0.0627. The molecule has 0 bridgehead atoms. The summed E-state index contributed by atoms with van der Waals surface area (Å²) in [5.41, 5.74) is 0.827. The monoisotopic (exact) mass is 339 g/mol. The summed E-state index contributed by atoms with van der Waals surface area (Å²) in [7, 11) is 0. The van der Waals surface area contributed by atoms with Gasteiger partial charge in [-0.25, -0.2) is 4.79 Å². The summed E-state index contributed by atoms with van der Waals surface area (Å²) in [6, 6.07) is 7.82. The lowest BCUT2D eigenvalue weighted by Crippen LogP contribution is -2.50. The topological polar surface area (TPSA) is 65.0 Å². The van der Waals surface area contributed by atoms with E-state index in [9.17, 15) is 4.79 Å². The van der Waals surface area contributed by atoms with E-state index in [-0.39, 0.29) is 12.6 Å². The van der Waals surface area contributed by atoms with Crippen molar-refractivity contribution in [3.05, 3.63) is 24.3 Å². The molecule has 2 N–H and O–H groups in total. The number of urea groups is 1. The molecule has 0 atom stereocenters. The van der Waals surface area contributed by atoms with Gasteiger partial charge in [-0.15, -0.1) is 11.8 Å². The Bertz CT molecular complexity index is 476. The molecule has 1 fully saturated rings. The van der Waals surface area contributed by atoms with E-state index < -0.39 is 0 Å². The molecule has 0 aromatic heterocycles. The molecule has 0 aliphatic carbocycles. The van der Waals surface area contributed by atoms with Crippen LogP contribution < -0.4 is 5.32 Å². The number of aliphatic hydroxyl groups excluding tert-OH is 1. The normalized spacial score (nSPS) is 15.7. The summed E-state index contributed by atoms with van der Waals surface area (Å²) >= 11 is 1.68. The van der Waals surface area contributed by atoms with Crippen molar-refractivity contribution in [1.29, 1.82) is 0 Å². The first kappa shape index (κ1) is 18.1. The molecule has 1 aliphatic rings. The summed E-state index contributed by atoms with van der Waals surface area (Å²) < 4.78 is 5.27. The highest BCUT2D eigenvalue weighted by Gasteiger charge is 2.20. The number of hydrogen-bond acceptors (Lipinski definition) is 5. The number of aliphatic hydroxyl groups is 1. The van der Waals surface area contributed by atoms with E-state index in [0.29, 0.717) is 26.3 Å². The van der Waals surface area contributed by atoms with Gasteiger partial charge in [-0.05, 0) is 30.5 Å². The van der Waals surface area contributed by atoms with Gasteiger partial charge in [-0.1, -0.05) is 0 Å². The first-order valence-electron chi connectivity index (χ1n) is 7.84. The molecule has 1 aliphatic heterocycles. The Morgan fingerprint density at radius 1 is 1.22 bits per heavy atom. The maximum absolute atomic E-state index is 12.3. The number of rotatable bonds is 7. The van der Waals surface area contributed by atoms with Crippen molar-refractivity contribution in [3.8, 4) is 0 Å². The predicted octanol–water partition coefficient (Wildman–Crippen LogP) is 1.57. The minimum absolute atomic E-state index is 0.0434. The fourth-order valence-electron chi connectivity index (χ4n) is 2.41. The zero-order chi connectivity index (χ0) is 16.5. The number of nitrogens with one attached hydrogen (secondary N) is 1. The molecule has 6 nitrogen and oxygen atoms in total. The summed E-state index contributed by atoms with van der Waals surface area (Å²) in [6.45, 7) is 5.04. The Hall–Kier alpha value is -1.28. The number of thioether (sulfide) groups is 1. The molecule has 0 unspecified atom stereocenters. The highest BCUT2D eigenvalue weighted by Crippen LogP contribution is 2.18. The number of amides is 2. The van der Waals surface area contributed by atoms with Crippen LogP contribution in [-0.4, -0.2) is 79.7 Å². The lowest BCUT2D eigenvalue weighted by Gasteiger charge is -2.34. The lowest BCUT2D eigenvalue weighted by atomic mass is 10.3. The van der Waals surface area contributed by atoms with Gasteiger partial charge in [0.1, 0.15) is 0 Å². The van der Waals surface area contributed by atoms with Crippen LogP contribution in [0, 0.1) is 0 Å². The van der Waals surface area contributed by atoms with Crippen LogP contribution in [0.2, 0.25) is 0 Å². The number of piperazine rings is 1. The van der Waals surface area contributed by atoms with Crippen LogP contribution in [0.25, 0.3) is 0 Å². The maximum Gasteiger partial charge on any atom is 0.321 e. The van der Waals surface area contributed by atoms with Crippen molar-refractivity contribution >= 4 is 23.5 Å². The second-order valence-electron chi connectivity index (χ2n) is 5.32. The third-order valence-corrected chi connectivity index (χ3v) is 4.53. The van der Waals surface area contributed by atoms with E-state index >= 15 is 0 Å². The molecule has 128 valence electrons. The molecule has 0 spiro atoms. The quantitative estimate of drug-likeness (QED) is 0.583. The maximum atomic E-state index is 12.3. The Balaban J connectivity index is 1.70. The van der Waals surface area contributed by atoms with E-state index in [0.717, 1.165) is 25.3 Å². The highest BCUT2D eigenvalue weighted by molar-refractivity contribution is 7.98. The highest BCUT2D eigenvalue weighted by atomic mass is 32.2. The van der Waals surface area contributed by atoms with Gasteiger partial charge in [-0.2, -0.15) is 0 Å². The molecule has 1 heterocycles. The van der Waals surface area contributed by atoms with Gasteiger partial charge in [0, 0.05) is 43.3 Å². The van der Waals surface area contributed by atoms with Crippen molar-refractivity contribution in [2.75, 3.05) is 64.1 Å². The SMILES string of the molecule is CSc1ccc(NC(=O)N2CCN(CCOCCO)CC2)cc1.